The van der Waals surface area contributed by atoms with E-state index in [1.807, 2.05) is 25.5 Å². The Hall–Kier alpha value is -1.44. The molecular formula is C16H27N5O2. The first-order chi connectivity index (χ1) is 11.0. The number of nitrogens with one attached hydrogen (secondary N) is 2. The molecule has 128 valence electrons. The van der Waals surface area contributed by atoms with Crippen LogP contribution in [0.15, 0.2) is 0 Å². The second-order valence-corrected chi connectivity index (χ2v) is 6.93. The maximum absolute atomic E-state index is 12.4. The van der Waals surface area contributed by atoms with Gasteiger partial charge in [-0.05, 0) is 33.2 Å². The van der Waals surface area contributed by atoms with Gasteiger partial charge in [-0.25, -0.2) is 0 Å². The summed E-state index contributed by atoms with van der Waals surface area (Å²) in [5, 5.41) is 20.5. The average molecular weight is 321 g/mol. The van der Waals surface area contributed by atoms with E-state index >= 15 is 0 Å². The molecule has 2 atom stereocenters. The van der Waals surface area contributed by atoms with E-state index in [2.05, 4.69) is 20.6 Å². The molecule has 0 saturated carbocycles. The number of amides is 1. The van der Waals surface area contributed by atoms with Crippen molar-refractivity contribution in [2.24, 2.45) is 11.3 Å². The number of rotatable bonds is 5. The first-order valence-electron chi connectivity index (χ1n) is 8.37. The molecule has 1 amide bonds. The molecule has 2 aliphatic heterocycles. The fraction of sp³-hybridized carbons (Fsp3) is 0.750. The van der Waals surface area contributed by atoms with Gasteiger partial charge in [0.25, 0.3) is 0 Å². The normalized spacial score (nSPS) is 27.4. The molecule has 0 radical (unpaired) electrons. The molecule has 0 spiro atoms. The van der Waals surface area contributed by atoms with Gasteiger partial charge in [-0.2, -0.15) is 5.10 Å². The van der Waals surface area contributed by atoms with Crippen molar-refractivity contribution in [3.63, 3.8) is 0 Å². The third kappa shape index (κ3) is 2.88. The summed E-state index contributed by atoms with van der Waals surface area (Å²) in [5.74, 6) is 0.430. The van der Waals surface area contributed by atoms with Crippen molar-refractivity contribution in [1.29, 1.82) is 0 Å². The number of aliphatic hydroxyl groups excluding tert-OH is 1. The zero-order valence-corrected chi connectivity index (χ0v) is 14.2. The highest BCUT2D eigenvalue weighted by molar-refractivity contribution is 5.93. The van der Waals surface area contributed by atoms with E-state index in [1.165, 1.54) is 0 Å². The highest BCUT2D eigenvalue weighted by atomic mass is 16.3. The topological polar surface area (TPSA) is 82.4 Å². The van der Waals surface area contributed by atoms with Gasteiger partial charge in [0, 0.05) is 31.6 Å². The van der Waals surface area contributed by atoms with Crippen molar-refractivity contribution >= 4 is 11.6 Å². The fourth-order valence-corrected chi connectivity index (χ4v) is 4.04. The molecule has 1 aromatic rings. The van der Waals surface area contributed by atoms with Crippen LogP contribution in [0, 0.1) is 25.2 Å². The summed E-state index contributed by atoms with van der Waals surface area (Å²) in [6.07, 6.45) is 0. The van der Waals surface area contributed by atoms with Crippen LogP contribution in [-0.4, -0.2) is 65.0 Å². The number of carbonyl (C=O) groups is 1. The van der Waals surface area contributed by atoms with Crippen molar-refractivity contribution in [2.75, 3.05) is 44.6 Å². The SMILES string of the molecule is CCn1nc(C)c(NC(=O)CN2CC3CNCC3(CO)C2)c1C. The van der Waals surface area contributed by atoms with Gasteiger partial charge in [0.15, 0.2) is 0 Å². The van der Waals surface area contributed by atoms with Crippen molar-refractivity contribution < 1.29 is 9.90 Å². The number of aromatic nitrogens is 2. The van der Waals surface area contributed by atoms with Crippen LogP contribution < -0.4 is 10.6 Å². The molecule has 1 aromatic heterocycles. The van der Waals surface area contributed by atoms with Crippen LogP contribution in [0.3, 0.4) is 0 Å². The number of hydrogen-bond acceptors (Lipinski definition) is 5. The number of carbonyl (C=O) groups excluding carboxylic acids is 1. The predicted octanol–water partition coefficient (Wildman–Crippen LogP) is -0.0280. The molecule has 0 aliphatic carbocycles. The minimum absolute atomic E-state index is 0.00660. The first-order valence-corrected chi connectivity index (χ1v) is 8.37. The maximum Gasteiger partial charge on any atom is 0.238 e. The lowest BCUT2D eigenvalue weighted by atomic mass is 9.82. The highest BCUT2D eigenvalue weighted by Crippen LogP contribution is 2.38. The Kier molecular flexibility index (Phi) is 4.44. The lowest BCUT2D eigenvalue weighted by molar-refractivity contribution is -0.117. The molecule has 3 N–H and O–H groups in total. The van der Waals surface area contributed by atoms with Crippen LogP contribution in [0.1, 0.15) is 18.3 Å². The fourth-order valence-electron chi connectivity index (χ4n) is 4.04. The number of aliphatic hydroxyl groups is 1. The van der Waals surface area contributed by atoms with Gasteiger partial charge >= 0.3 is 0 Å². The Balaban J connectivity index is 1.62. The quantitative estimate of drug-likeness (QED) is 0.710. The molecule has 7 heteroatoms. The summed E-state index contributed by atoms with van der Waals surface area (Å²) in [6.45, 7) is 10.7. The van der Waals surface area contributed by atoms with Gasteiger partial charge in [0.05, 0.1) is 30.2 Å². The monoisotopic (exact) mass is 321 g/mol. The summed E-state index contributed by atoms with van der Waals surface area (Å²) >= 11 is 0. The molecule has 2 saturated heterocycles. The Morgan fingerprint density at radius 3 is 2.91 bits per heavy atom. The van der Waals surface area contributed by atoms with Crippen LogP contribution in [0.4, 0.5) is 5.69 Å². The van der Waals surface area contributed by atoms with E-state index in [0.29, 0.717) is 12.5 Å². The van der Waals surface area contributed by atoms with Gasteiger partial charge in [-0.1, -0.05) is 0 Å². The molecule has 7 nitrogen and oxygen atoms in total. The summed E-state index contributed by atoms with van der Waals surface area (Å²) in [5.41, 5.74) is 2.61. The van der Waals surface area contributed by atoms with Crippen LogP contribution >= 0.6 is 0 Å². The maximum atomic E-state index is 12.4. The molecule has 0 bridgehead atoms. The third-order valence-electron chi connectivity index (χ3n) is 5.38. The Labute approximate surface area is 137 Å². The molecule has 2 aliphatic rings. The standard InChI is InChI=1S/C16H27N5O2/c1-4-21-12(3)15(11(2)19-21)18-14(23)7-20-6-13-5-17-8-16(13,9-20)10-22/h13,17,22H,4-10H2,1-3H3,(H,18,23). The molecule has 2 fully saturated rings. The smallest absolute Gasteiger partial charge is 0.238 e. The van der Waals surface area contributed by atoms with E-state index in [9.17, 15) is 9.90 Å². The summed E-state index contributed by atoms with van der Waals surface area (Å²) in [6, 6.07) is 0. The zero-order valence-electron chi connectivity index (χ0n) is 14.2. The molecular weight excluding hydrogens is 294 g/mol. The largest absolute Gasteiger partial charge is 0.396 e. The molecule has 3 heterocycles. The first kappa shape index (κ1) is 16.4. The van der Waals surface area contributed by atoms with E-state index < -0.39 is 0 Å². The number of anilines is 1. The average Bonchev–Trinajstić information content (AvgIpc) is 3.13. The lowest BCUT2D eigenvalue weighted by Gasteiger charge is -2.25. The number of likely N-dealkylation sites (tertiary alicyclic amines) is 1. The Morgan fingerprint density at radius 2 is 2.30 bits per heavy atom. The van der Waals surface area contributed by atoms with Crippen molar-refractivity contribution in [3.8, 4) is 0 Å². The number of hydrogen-bond donors (Lipinski definition) is 3. The molecule has 2 unspecified atom stereocenters. The summed E-state index contributed by atoms with van der Waals surface area (Å²) in [7, 11) is 0. The van der Waals surface area contributed by atoms with Gasteiger partial charge in [-0.15, -0.1) is 0 Å². The second-order valence-electron chi connectivity index (χ2n) is 6.93. The zero-order chi connectivity index (χ0) is 16.6. The number of nitrogens with zero attached hydrogens (tertiary/aromatic N) is 3. The van der Waals surface area contributed by atoms with Crippen LogP contribution in [-0.2, 0) is 11.3 Å². The van der Waals surface area contributed by atoms with Crippen LogP contribution in [0.2, 0.25) is 0 Å². The van der Waals surface area contributed by atoms with E-state index in [-0.39, 0.29) is 17.9 Å². The van der Waals surface area contributed by atoms with Gasteiger partial charge < -0.3 is 15.7 Å². The minimum Gasteiger partial charge on any atom is -0.396 e. The van der Waals surface area contributed by atoms with Crippen molar-refractivity contribution in [3.05, 3.63) is 11.4 Å². The van der Waals surface area contributed by atoms with E-state index in [0.717, 1.165) is 49.8 Å². The predicted molar refractivity (Wildman–Crippen MR) is 88.3 cm³/mol. The van der Waals surface area contributed by atoms with Gasteiger partial charge in [0.2, 0.25) is 5.91 Å². The summed E-state index contributed by atoms with van der Waals surface area (Å²) in [4.78, 5) is 14.6. The van der Waals surface area contributed by atoms with Crippen LogP contribution in [0.25, 0.3) is 0 Å². The molecule has 3 rings (SSSR count). The third-order valence-corrected chi connectivity index (χ3v) is 5.38. The minimum atomic E-state index is -0.0702. The lowest BCUT2D eigenvalue weighted by Crippen LogP contribution is -2.38. The molecule has 0 aromatic carbocycles. The summed E-state index contributed by atoms with van der Waals surface area (Å²) < 4.78 is 1.90. The Morgan fingerprint density at radius 1 is 1.52 bits per heavy atom. The number of fused-ring (bicyclic) bond motifs is 1. The van der Waals surface area contributed by atoms with Crippen LogP contribution in [0.5, 0.6) is 0 Å². The van der Waals surface area contributed by atoms with E-state index in [4.69, 9.17) is 0 Å². The van der Waals surface area contributed by atoms with Crippen molar-refractivity contribution in [2.45, 2.75) is 27.3 Å². The highest BCUT2D eigenvalue weighted by Gasteiger charge is 2.49. The number of aryl methyl sites for hydroxylation is 2. The molecule has 23 heavy (non-hydrogen) atoms. The van der Waals surface area contributed by atoms with Gasteiger partial charge in [-0.3, -0.25) is 14.4 Å². The second kappa shape index (κ2) is 6.22. The van der Waals surface area contributed by atoms with Crippen molar-refractivity contribution in [1.82, 2.24) is 20.0 Å². The van der Waals surface area contributed by atoms with E-state index in [1.54, 1.807) is 0 Å². The van der Waals surface area contributed by atoms with Gasteiger partial charge in [0.1, 0.15) is 0 Å². The Bertz CT molecular complexity index is 600.